The predicted octanol–water partition coefficient (Wildman–Crippen LogP) is 4.60. The van der Waals surface area contributed by atoms with Crippen LogP contribution < -0.4 is 9.47 Å². The van der Waals surface area contributed by atoms with E-state index in [1.54, 1.807) is 0 Å². The van der Waals surface area contributed by atoms with Crippen LogP contribution in [0.15, 0.2) is 72.8 Å². The first-order valence-electron chi connectivity index (χ1n) is 40.3. The fourth-order valence-electron chi connectivity index (χ4n) is 16.3. The number of carboxylic acids is 1. The Kier molecular flexibility index (Phi) is 23.0. The van der Waals surface area contributed by atoms with E-state index in [4.69, 9.17) is 66.3 Å². The highest BCUT2D eigenvalue weighted by Gasteiger charge is 2.59. The zero-order chi connectivity index (χ0) is 106. The molecule has 2 saturated heterocycles. The van der Waals surface area contributed by atoms with E-state index in [-0.39, 0.29) is 66.7 Å². The molecule has 2 fully saturated rings. The van der Waals surface area contributed by atoms with Gasteiger partial charge in [0.15, 0.2) is 151 Å². The number of carbonyl (C=O) groups is 11. The van der Waals surface area contributed by atoms with Gasteiger partial charge in [-0.1, -0.05) is 0 Å². The lowest BCUT2D eigenvalue weighted by Crippen LogP contribution is -2.63. The smallest absolute Gasteiger partial charge is 0.344 e. The Bertz CT molecular complexity index is 7740. The lowest BCUT2D eigenvalue weighted by Gasteiger charge is -2.44. The molecule has 10 atom stereocenters. The largest absolute Gasteiger partial charge is 0.504 e. The van der Waals surface area contributed by atoms with Crippen LogP contribution in [0.3, 0.4) is 0 Å². The molecule has 6 aliphatic heterocycles. The minimum atomic E-state index is -3.12. The molecule has 0 spiro atoms. The Balaban J connectivity index is 0.777. The molecule has 0 radical (unpaired) electrons. The van der Waals surface area contributed by atoms with Crippen LogP contribution >= 0.6 is 0 Å². The maximum absolute atomic E-state index is 15.5. The van der Waals surface area contributed by atoms with Gasteiger partial charge in [-0.05, 0) is 54.6 Å². The first-order chi connectivity index (χ1) is 68.7. The van der Waals surface area contributed by atoms with E-state index in [2.05, 4.69) is 0 Å². The van der Waals surface area contributed by atoms with Crippen LogP contribution in [0.5, 0.6) is 201 Å². The van der Waals surface area contributed by atoms with E-state index in [1.807, 2.05) is 0 Å². The highest BCUT2D eigenvalue weighted by molar-refractivity contribution is 6.14. The number of hydrogen-bond donors (Lipinski definition) is 32. The SMILES string of the molecule is O=C(O[C@@H]1O[C@@H]2COC(=O)c3cc(Oc4c(C(=O)O)cc(O)c(O)c4O)c(O)c(O)c3-c3c(cc(O)c(O)c3O)C(=O)O[C@@H]2[C@H]2OC(=O)c3cc(O)c(O)c(O)c3-c3c(cc(O)c(O)c3O)C(=O)O[C@H]12)c1cc(O)c(O)c(Oc2c(C(=O)O[C@H]3O[C@@H]4COC(=O)c5cc(O)c(O)c(O)c5-c5c(cc(O)c(O)c5O)C(=O)O[C@H]4[C@@H]4OC(=O)c5cc(O)c(O)c(O)c5-c5c(cc(O)c(O)c5O)C(=O)O[C@@H]34)cc(O)c(O)c2O)c1. The topological polar surface area (TPSA) is 964 Å². The molecule has 11 aromatic rings. The van der Waals surface area contributed by atoms with Crippen molar-refractivity contribution in [3.63, 3.8) is 0 Å². The van der Waals surface area contributed by atoms with E-state index in [9.17, 15) is 173 Å². The number of hydrogen-bond acceptors (Lipinski definition) is 56. The monoisotopic (exact) mass is 2040 g/mol. The highest BCUT2D eigenvalue weighted by atomic mass is 16.8. The average Bonchev–Trinajstić information content (AvgIpc) is 1.26. The van der Waals surface area contributed by atoms with Gasteiger partial charge in [0.25, 0.3) is 0 Å². The van der Waals surface area contributed by atoms with Crippen molar-refractivity contribution in [1.82, 2.24) is 0 Å². The number of rotatable bonds is 9. The van der Waals surface area contributed by atoms with E-state index in [0.29, 0.717) is 6.07 Å². The van der Waals surface area contributed by atoms with Crippen LogP contribution in [0.25, 0.3) is 44.5 Å². The lowest BCUT2D eigenvalue weighted by molar-refractivity contribution is -0.283. The molecule has 57 nitrogen and oxygen atoms in total. The van der Waals surface area contributed by atoms with Crippen molar-refractivity contribution in [2.75, 3.05) is 13.2 Å². The minimum Gasteiger partial charge on any atom is -0.504 e. The number of aromatic carboxylic acids is 1. The zero-order valence-corrected chi connectivity index (χ0v) is 71.1. The predicted molar refractivity (Wildman–Crippen MR) is 449 cm³/mol. The summed E-state index contributed by atoms with van der Waals surface area (Å²) in [5.74, 6) is -78.8. The summed E-state index contributed by atoms with van der Waals surface area (Å²) in [5, 5.41) is 356. The third-order valence-corrected chi connectivity index (χ3v) is 23.2. The summed E-state index contributed by atoms with van der Waals surface area (Å²) in [6, 6.07) is 2.70. The number of carbonyl (C=O) groups excluding carboxylic acids is 10. The van der Waals surface area contributed by atoms with Gasteiger partial charge in [0.2, 0.25) is 99.5 Å². The Morgan fingerprint density at radius 3 is 0.774 bits per heavy atom. The number of benzene rings is 11. The summed E-state index contributed by atoms with van der Waals surface area (Å²) >= 11 is 0. The number of carboxylic acid groups (broad SMARTS) is 1. The maximum Gasteiger partial charge on any atom is 0.344 e. The van der Waals surface area contributed by atoms with Gasteiger partial charge in [-0.2, -0.15) is 0 Å². The van der Waals surface area contributed by atoms with Gasteiger partial charge in [0.1, 0.15) is 36.5 Å². The van der Waals surface area contributed by atoms with Crippen LogP contribution in [0.1, 0.15) is 114 Å². The summed E-state index contributed by atoms with van der Waals surface area (Å²) in [7, 11) is 0. The highest BCUT2D eigenvalue weighted by Crippen LogP contribution is 2.62. The van der Waals surface area contributed by atoms with Gasteiger partial charge in [-0.25, -0.2) is 52.7 Å². The van der Waals surface area contributed by atoms with Crippen molar-refractivity contribution in [2.45, 2.75) is 61.4 Å². The molecular weight excluding hydrogens is 1980 g/mol. The molecule has 17 rings (SSSR count). The molecule has 11 aromatic carbocycles. The van der Waals surface area contributed by atoms with Crippen LogP contribution in [0, 0.1) is 0 Å². The number of phenolic OH excluding ortho intramolecular Hbond substituents is 31. The third kappa shape index (κ3) is 15.4. The van der Waals surface area contributed by atoms with E-state index in [0.717, 1.165) is 0 Å². The Labute approximate surface area is 799 Å². The molecule has 0 amide bonds. The fraction of sp³-hybridized carbons (Fsp3) is 0.135. The lowest BCUT2D eigenvalue weighted by atomic mass is 9.91. The van der Waals surface area contributed by atoms with Gasteiger partial charge in [0, 0.05) is 62.7 Å². The Morgan fingerprint density at radius 1 is 0.233 bits per heavy atom. The molecule has 6 aliphatic rings. The van der Waals surface area contributed by atoms with Gasteiger partial charge >= 0.3 is 65.7 Å². The number of esters is 10. The van der Waals surface area contributed by atoms with E-state index >= 15 is 43.2 Å². The first-order valence-corrected chi connectivity index (χ1v) is 40.3. The molecule has 146 heavy (non-hydrogen) atoms. The van der Waals surface area contributed by atoms with Crippen molar-refractivity contribution in [2.24, 2.45) is 0 Å². The Hall–Kier alpha value is -21.1. The van der Waals surface area contributed by atoms with E-state index < -0.39 is 447 Å². The average molecular weight is 2040 g/mol. The van der Waals surface area contributed by atoms with Crippen molar-refractivity contribution in [3.05, 3.63) is 134 Å². The molecule has 32 N–H and O–H groups in total. The number of ether oxygens (including phenoxy) is 14. The molecule has 0 saturated carbocycles. The second-order valence-electron chi connectivity index (χ2n) is 31.7. The normalized spacial score (nSPS) is 19.4. The van der Waals surface area contributed by atoms with E-state index in [1.165, 1.54) is 0 Å². The van der Waals surface area contributed by atoms with Crippen LogP contribution in [-0.4, -0.2) is 304 Å². The molecule has 0 bridgehead atoms. The second kappa shape index (κ2) is 34.8. The van der Waals surface area contributed by atoms with Gasteiger partial charge in [-0.3, -0.25) is 0 Å². The van der Waals surface area contributed by atoms with Crippen molar-refractivity contribution in [3.8, 4) is 246 Å². The second-order valence-corrected chi connectivity index (χ2v) is 31.7. The van der Waals surface area contributed by atoms with Gasteiger partial charge < -0.3 is 230 Å². The fourth-order valence-corrected chi connectivity index (χ4v) is 16.3. The summed E-state index contributed by atoms with van der Waals surface area (Å²) in [6.07, 6.45) is -29.2. The summed E-state index contributed by atoms with van der Waals surface area (Å²) in [4.78, 5) is 164. The summed E-state index contributed by atoms with van der Waals surface area (Å²) in [5.41, 5.74) is -25.7. The maximum atomic E-state index is 15.5. The molecule has 756 valence electrons. The molecule has 6 heterocycles. The van der Waals surface area contributed by atoms with Gasteiger partial charge in [-0.15, -0.1) is 0 Å². The number of fused-ring (bicyclic) bond motifs is 18. The standard InChI is InChI=1S/C89H58O57/c90-26-1-15(78(123)145-88-75-73(141-83(128)19-6-30(94)51(103)61(113)42(19)44-21(85(130)143-75)8-32(96)53(105)63(44)115)71-38(137-88)14-134-80(125)23-12-37(136-69-24(77(121)122)10-34(98)56(108)67(69)119)58(110)66(118)47(23)46-18(82(127)139-71)5-29(93)55(107)65(46)117)2-36(48(26)100)135-70-25(11-35(99)57(109)68(70)120)87(132)146-89-76-74(142-84(129)20-7-31(95)52(104)62(114)43(20)45-22(86(131)144-76)9-33(97)54(106)64(45)116)72-39(138-89)13-133-79(124)16-3-27(91)49(101)59(111)40(16)41-17(81(126)140-72)4-28(92)50(102)60(41)112/h1-12,38-39,71-76,88-120H,13-14H2,(H,121,122)/t38-,39-,71+,72-,73-,74+,75+,76-,88+,89-/m1/s1. The summed E-state index contributed by atoms with van der Waals surface area (Å²) in [6.45, 7) is -3.30. The molecule has 57 heteroatoms. The van der Waals surface area contributed by atoms with Crippen molar-refractivity contribution < 1.29 is 282 Å². The van der Waals surface area contributed by atoms with Crippen LogP contribution in [-0.2, 0) is 56.8 Å². The van der Waals surface area contributed by atoms with Crippen LogP contribution in [0.4, 0.5) is 0 Å². The zero-order valence-electron chi connectivity index (χ0n) is 71.1. The minimum absolute atomic E-state index is 0.0824. The van der Waals surface area contributed by atoms with Gasteiger partial charge in [0.05, 0.1) is 50.1 Å². The number of phenols is 31. The molecule has 0 aliphatic carbocycles. The third-order valence-electron chi connectivity index (χ3n) is 23.2. The van der Waals surface area contributed by atoms with Crippen molar-refractivity contribution >= 4 is 65.7 Å². The van der Waals surface area contributed by atoms with Crippen molar-refractivity contribution in [1.29, 1.82) is 0 Å². The van der Waals surface area contributed by atoms with Crippen LogP contribution in [0.2, 0.25) is 0 Å². The first kappa shape index (κ1) is 96.6. The molecule has 0 aromatic heterocycles. The quantitative estimate of drug-likeness (QED) is 0.0533. The molecular formula is C89H58O57. The number of aromatic hydroxyl groups is 31. The molecule has 0 unspecified atom stereocenters. The summed E-state index contributed by atoms with van der Waals surface area (Å²) < 4.78 is 80.4. The Morgan fingerprint density at radius 2 is 0.466 bits per heavy atom. The number of cyclic esters (lactones) is 2.